The molecule has 1 saturated carbocycles. The molecule has 1 aliphatic heterocycles. The first-order valence-corrected chi connectivity index (χ1v) is 9.27. The summed E-state index contributed by atoms with van der Waals surface area (Å²) in [7, 11) is 0.406. The summed E-state index contributed by atoms with van der Waals surface area (Å²) < 4.78 is 65.2. The van der Waals surface area contributed by atoms with Gasteiger partial charge in [0, 0.05) is 44.4 Å². The van der Waals surface area contributed by atoms with Gasteiger partial charge in [0.2, 0.25) is 10.0 Å². The lowest BCUT2D eigenvalue weighted by Crippen LogP contribution is -2.41. The fourth-order valence-corrected chi connectivity index (χ4v) is 4.69. The Bertz CT molecular complexity index is 758. The third-order valence-corrected chi connectivity index (χ3v) is 6.45. The van der Waals surface area contributed by atoms with E-state index in [1.165, 1.54) is 0 Å². The van der Waals surface area contributed by atoms with Crippen molar-refractivity contribution in [3.05, 3.63) is 17.5 Å². The largest absolute Gasteiger partial charge is 0.490 e. The molecular weight excluding hydrogens is 379 g/mol. The van der Waals surface area contributed by atoms with Crippen LogP contribution in [0.15, 0.2) is 6.20 Å². The molecule has 2 aliphatic rings. The Hall–Kier alpha value is -1.66. The third kappa shape index (κ3) is 4.54. The van der Waals surface area contributed by atoms with Gasteiger partial charge in [0.05, 0.1) is 18.1 Å². The fourth-order valence-electron chi connectivity index (χ4n) is 2.83. The summed E-state index contributed by atoms with van der Waals surface area (Å²) in [5, 5.41) is 11.2. The number of aliphatic carboxylic acids is 1. The molecule has 8 nitrogen and oxygen atoms in total. The van der Waals surface area contributed by atoms with Gasteiger partial charge in [0.15, 0.2) is 0 Å². The van der Waals surface area contributed by atoms with Crippen LogP contribution in [-0.4, -0.2) is 65.3 Å². The highest BCUT2D eigenvalue weighted by Gasteiger charge is 2.43. The standard InChI is InChI=1S/C12H19N3O3S.C2HF3O2/c1-14-12-9(5-13-14)6-15(7-10(12)8-18-2)19(16,17)11-3-4-11;3-2(4,5)1(6)7/h5,10-11H,3-4,6-8H2,1-2H3;(H,6,7). The molecule has 12 heteroatoms. The molecule has 0 aromatic carbocycles. The number of sulfonamides is 1. The van der Waals surface area contributed by atoms with Crippen molar-refractivity contribution in [2.45, 2.75) is 36.7 Å². The van der Waals surface area contributed by atoms with Crippen LogP contribution in [0.5, 0.6) is 0 Å². The van der Waals surface area contributed by atoms with Gasteiger partial charge in [-0.2, -0.15) is 22.6 Å². The van der Waals surface area contributed by atoms with Crippen LogP contribution in [-0.2, 0) is 33.1 Å². The van der Waals surface area contributed by atoms with Crippen LogP contribution < -0.4 is 0 Å². The summed E-state index contributed by atoms with van der Waals surface area (Å²) in [6.45, 7) is 1.46. The molecule has 1 unspecified atom stereocenters. The molecule has 1 aliphatic carbocycles. The van der Waals surface area contributed by atoms with Gasteiger partial charge in [-0.05, 0) is 12.8 Å². The number of hydrogen-bond acceptors (Lipinski definition) is 5. The number of carbonyl (C=O) groups is 1. The van der Waals surface area contributed by atoms with E-state index >= 15 is 0 Å². The van der Waals surface area contributed by atoms with E-state index in [-0.39, 0.29) is 11.2 Å². The molecular formula is C14H20F3N3O5S. The number of methoxy groups -OCH3 is 1. The van der Waals surface area contributed by atoms with E-state index in [0.717, 1.165) is 24.1 Å². The number of rotatable bonds is 4. The number of aromatic nitrogens is 2. The summed E-state index contributed by atoms with van der Waals surface area (Å²) >= 11 is 0. The Morgan fingerprint density at radius 2 is 2.00 bits per heavy atom. The van der Waals surface area contributed by atoms with Crippen LogP contribution in [0, 0.1) is 0 Å². The maximum Gasteiger partial charge on any atom is 0.490 e. The van der Waals surface area contributed by atoms with E-state index < -0.39 is 22.2 Å². The number of carboxylic acids is 1. The Morgan fingerprint density at radius 1 is 1.42 bits per heavy atom. The Kier molecular flexibility index (Phi) is 5.98. The van der Waals surface area contributed by atoms with Gasteiger partial charge in [-0.25, -0.2) is 13.2 Å². The molecule has 148 valence electrons. The molecule has 0 radical (unpaired) electrons. The average Bonchev–Trinajstić information content (AvgIpc) is 3.32. The summed E-state index contributed by atoms with van der Waals surface area (Å²) in [6, 6.07) is 0. The van der Waals surface area contributed by atoms with E-state index in [9.17, 15) is 21.6 Å². The average molecular weight is 399 g/mol. The summed E-state index contributed by atoms with van der Waals surface area (Å²) in [4.78, 5) is 8.90. The number of carboxylic acid groups (broad SMARTS) is 1. The van der Waals surface area contributed by atoms with Gasteiger partial charge in [0.25, 0.3) is 0 Å². The summed E-state index contributed by atoms with van der Waals surface area (Å²) in [5.74, 6) is -2.69. The van der Waals surface area contributed by atoms with Crippen LogP contribution in [0.25, 0.3) is 0 Å². The predicted octanol–water partition coefficient (Wildman–Crippen LogP) is 1.09. The minimum absolute atomic E-state index is 0.0646. The number of alkyl halides is 3. The van der Waals surface area contributed by atoms with E-state index in [1.807, 2.05) is 11.7 Å². The van der Waals surface area contributed by atoms with Crippen molar-refractivity contribution in [3.8, 4) is 0 Å². The monoisotopic (exact) mass is 399 g/mol. The van der Waals surface area contributed by atoms with Gasteiger partial charge in [-0.3, -0.25) is 4.68 Å². The van der Waals surface area contributed by atoms with Gasteiger partial charge < -0.3 is 9.84 Å². The Labute approximate surface area is 148 Å². The minimum atomic E-state index is -5.08. The zero-order chi connectivity index (χ0) is 19.7. The lowest BCUT2D eigenvalue weighted by molar-refractivity contribution is -0.192. The van der Waals surface area contributed by atoms with Crippen LogP contribution in [0.1, 0.15) is 30.0 Å². The van der Waals surface area contributed by atoms with Crippen molar-refractivity contribution in [1.29, 1.82) is 0 Å². The van der Waals surface area contributed by atoms with Crippen LogP contribution in [0.3, 0.4) is 0 Å². The number of aryl methyl sites for hydroxylation is 1. The van der Waals surface area contributed by atoms with Gasteiger partial charge in [0.1, 0.15) is 0 Å². The molecule has 1 aromatic rings. The highest BCUT2D eigenvalue weighted by atomic mass is 32.2. The van der Waals surface area contributed by atoms with Crippen molar-refractivity contribution in [3.63, 3.8) is 0 Å². The third-order valence-electron chi connectivity index (χ3n) is 4.14. The SMILES string of the molecule is COCC1CN(S(=O)(=O)C2CC2)Cc2cnn(C)c21.O=C(O)C(F)(F)F. The highest BCUT2D eigenvalue weighted by Crippen LogP contribution is 2.36. The number of ether oxygens (including phenoxy) is 1. The minimum Gasteiger partial charge on any atom is -0.475 e. The maximum absolute atomic E-state index is 12.4. The van der Waals surface area contributed by atoms with Gasteiger partial charge in [-0.15, -0.1) is 0 Å². The number of nitrogens with zero attached hydrogens (tertiary/aromatic N) is 3. The lowest BCUT2D eigenvalue weighted by Gasteiger charge is -2.32. The summed E-state index contributed by atoms with van der Waals surface area (Å²) in [5.41, 5.74) is 2.10. The molecule has 3 rings (SSSR count). The molecule has 1 N–H and O–H groups in total. The van der Waals surface area contributed by atoms with E-state index in [0.29, 0.717) is 19.7 Å². The zero-order valence-corrected chi connectivity index (χ0v) is 15.0. The first-order valence-electron chi connectivity index (χ1n) is 7.77. The van der Waals surface area contributed by atoms with E-state index in [4.69, 9.17) is 14.6 Å². The normalized spacial score (nSPS) is 20.9. The smallest absolute Gasteiger partial charge is 0.475 e. The second-order valence-corrected chi connectivity index (χ2v) is 8.38. The van der Waals surface area contributed by atoms with Crippen LogP contribution in [0.2, 0.25) is 0 Å². The molecule has 1 atom stereocenters. The topological polar surface area (TPSA) is 102 Å². The Morgan fingerprint density at radius 3 is 2.46 bits per heavy atom. The summed E-state index contributed by atoms with van der Waals surface area (Å²) in [6.07, 6.45) is -1.71. The van der Waals surface area contributed by atoms with Crippen molar-refractivity contribution in [1.82, 2.24) is 14.1 Å². The quantitative estimate of drug-likeness (QED) is 0.813. The molecule has 0 saturated heterocycles. The van der Waals surface area contributed by atoms with Gasteiger partial charge >= 0.3 is 12.1 Å². The molecule has 2 heterocycles. The van der Waals surface area contributed by atoms with Gasteiger partial charge in [-0.1, -0.05) is 0 Å². The molecule has 0 amide bonds. The Balaban J connectivity index is 0.000000298. The number of fused-ring (bicyclic) bond motifs is 1. The van der Waals surface area contributed by atoms with E-state index in [2.05, 4.69) is 5.10 Å². The molecule has 26 heavy (non-hydrogen) atoms. The molecule has 1 fully saturated rings. The first kappa shape index (κ1) is 20.6. The highest BCUT2D eigenvalue weighted by molar-refractivity contribution is 7.90. The first-order chi connectivity index (χ1) is 12.0. The van der Waals surface area contributed by atoms with Crippen molar-refractivity contribution in [2.75, 3.05) is 20.3 Å². The van der Waals surface area contributed by atoms with Crippen LogP contribution in [0.4, 0.5) is 13.2 Å². The maximum atomic E-state index is 12.4. The van der Waals surface area contributed by atoms with Crippen molar-refractivity contribution < 1.29 is 36.2 Å². The van der Waals surface area contributed by atoms with E-state index in [1.54, 1.807) is 17.6 Å². The number of hydrogen-bond donors (Lipinski definition) is 1. The van der Waals surface area contributed by atoms with Crippen LogP contribution >= 0.6 is 0 Å². The van der Waals surface area contributed by atoms with Crippen molar-refractivity contribution >= 4 is 16.0 Å². The fraction of sp³-hybridized carbons (Fsp3) is 0.714. The number of halogens is 3. The lowest BCUT2D eigenvalue weighted by atomic mass is 9.99. The second-order valence-electron chi connectivity index (χ2n) is 6.17. The second kappa shape index (κ2) is 7.53. The zero-order valence-electron chi connectivity index (χ0n) is 14.2. The molecule has 0 bridgehead atoms. The molecule has 0 spiro atoms. The molecule has 1 aromatic heterocycles. The predicted molar refractivity (Wildman–Crippen MR) is 83.9 cm³/mol. The van der Waals surface area contributed by atoms with Crippen molar-refractivity contribution in [2.24, 2.45) is 7.05 Å².